The van der Waals surface area contributed by atoms with Crippen LogP contribution < -0.4 is 5.32 Å². The highest BCUT2D eigenvalue weighted by molar-refractivity contribution is 7.21. The van der Waals surface area contributed by atoms with Crippen molar-refractivity contribution in [1.82, 2.24) is 5.32 Å². The number of carbonyl (C=O) groups is 1. The zero-order valence-electron chi connectivity index (χ0n) is 11.5. The maximum absolute atomic E-state index is 11.4. The summed E-state index contributed by atoms with van der Waals surface area (Å²) >= 11 is 1.29. The Kier molecular flexibility index (Phi) is 3.95. The van der Waals surface area contributed by atoms with Crippen LogP contribution in [0.4, 0.5) is 0 Å². The molecule has 5 nitrogen and oxygen atoms in total. The topological polar surface area (TPSA) is 78.8 Å². The first-order valence-electron chi connectivity index (χ1n) is 6.84. The van der Waals surface area contributed by atoms with Crippen molar-refractivity contribution in [3.8, 4) is 0 Å². The third-order valence-electron chi connectivity index (χ3n) is 3.73. The number of aromatic carboxylic acids is 1. The average Bonchev–Trinajstić information content (AvgIpc) is 3.04. The fourth-order valence-electron chi connectivity index (χ4n) is 2.60. The highest BCUT2D eigenvalue weighted by atomic mass is 32.1. The fraction of sp³-hybridized carbons (Fsp3) is 0.400. The molecular formula is C15H17NO4S. The number of nitrogens with one attached hydrogen (secondary N) is 1. The number of hydrogen-bond donors (Lipinski definition) is 3. The number of carboxylic acids is 1. The van der Waals surface area contributed by atoms with Gasteiger partial charge in [-0.25, -0.2) is 4.79 Å². The van der Waals surface area contributed by atoms with E-state index in [1.165, 1.54) is 11.3 Å². The molecule has 0 saturated carbocycles. The Morgan fingerprint density at radius 2 is 2.24 bits per heavy atom. The minimum Gasteiger partial charge on any atom is -0.477 e. The number of thiophene rings is 1. The van der Waals surface area contributed by atoms with Gasteiger partial charge in [0, 0.05) is 30.8 Å². The molecule has 1 unspecified atom stereocenters. The maximum atomic E-state index is 11.4. The molecule has 1 fully saturated rings. The molecule has 1 aliphatic rings. The van der Waals surface area contributed by atoms with Gasteiger partial charge >= 0.3 is 5.97 Å². The normalized spacial score (nSPS) is 22.0. The Hall–Kier alpha value is -1.47. The second-order valence-electron chi connectivity index (χ2n) is 5.34. The van der Waals surface area contributed by atoms with Crippen LogP contribution in [0.2, 0.25) is 0 Å². The fourth-order valence-corrected chi connectivity index (χ4v) is 3.66. The quantitative estimate of drug-likeness (QED) is 0.785. The number of benzene rings is 1. The Bertz CT molecular complexity index is 661. The zero-order chi connectivity index (χ0) is 14.9. The summed E-state index contributed by atoms with van der Waals surface area (Å²) in [6.45, 7) is 1.72. The van der Waals surface area contributed by atoms with E-state index in [0.717, 1.165) is 15.6 Å². The average molecular weight is 307 g/mol. The summed E-state index contributed by atoms with van der Waals surface area (Å²) < 4.78 is 6.17. The van der Waals surface area contributed by atoms with Gasteiger partial charge in [0.05, 0.1) is 6.61 Å². The predicted octanol–water partition coefficient (Wildman–Crippen LogP) is 1.84. The van der Waals surface area contributed by atoms with Gasteiger partial charge in [0.25, 0.3) is 0 Å². The summed E-state index contributed by atoms with van der Waals surface area (Å²) in [5.74, 6) is -0.907. The van der Waals surface area contributed by atoms with Gasteiger partial charge in [-0.05, 0) is 17.0 Å². The van der Waals surface area contributed by atoms with Gasteiger partial charge in [0.1, 0.15) is 10.5 Å². The number of carboxylic acid groups (broad SMARTS) is 1. The van der Waals surface area contributed by atoms with E-state index >= 15 is 0 Å². The molecule has 1 saturated heterocycles. The van der Waals surface area contributed by atoms with E-state index in [4.69, 9.17) is 4.74 Å². The lowest BCUT2D eigenvalue weighted by atomic mass is 10.0. The first-order valence-corrected chi connectivity index (χ1v) is 7.65. The minimum atomic E-state index is -0.907. The van der Waals surface area contributed by atoms with E-state index in [2.05, 4.69) is 5.32 Å². The van der Waals surface area contributed by atoms with E-state index in [-0.39, 0.29) is 0 Å². The van der Waals surface area contributed by atoms with Crippen LogP contribution in [0, 0.1) is 0 Å². The van der Waals surface area contributed by atoms with Crippen molar-refractivity contribution >= 4 is 27.4 Å². The second kappa shape index (κ2) is 5.73. The number of fused-ring (bicyclic) bond motifs is 1. The molecule has 0 radical (unpaired) electrons. The van der Waals surface area contributed by atoms with E-state index in [0.29, 0.717) is 37.6 Å². The number of rotatable bonds is 5. The Morgan fingerprint density at radius 1 is 1.43 bits per heavy atom. The molecule has 1 aromatic heterocycles. The number of hydrogen-bond acceptors (Lipinski definition) is 5. The molecule has 1 aromatic carbocycles. The Labute approximate surface area is 126 Å². The first kappa shape index (κ1) is 14.5. The molecular weight excluding hydrogens is 290 g/mol. The lowest BCUT2D eigenvalue weighted by Gasteiger charge is -2.20. The Balaban J connectivity index is 1.79. The van der Waals surface area contributed by atoms with Gasteiger partial charge in [0.2, 0.25) is 0 Å². The molecule has 1 aliphatic heterocycles. The van der Waals surface area contributed by atoms with E-state index in [9.17, 15) is 15.0 Å². The predicted molar refractivity (Wildman–Crippen MR) is 80.9 cm³/mol. The van der Waals surface area contributed by atoms with Gasteiger partial charge < -0.3 is 20.3 Å². The molecule has 2 heterocycles. The first-order chi connectivity index (χ1) is 10.1. The van der Waals surface area contributed by atoms with Crippen molar-refractivity contribution in [3.63, 3.8) is 0 Å². The standard InChI is InChI=1S/C15H17NO4S/c17-14(18)13-11(10-3-1-2-4-12(10)21-13)7-16-8-15(19)5-6-20-9-15/h1-4,16,19H,5-9H2,(H,17,18). The van der Waals surface area contributed by atoms with Crippen LogP contribution in [0.3, 0.4) is 0 Å². The van der Waals surface area contributed by atoms with Crippen LogP contribution in [0.5, 0.6) is 0 Å². The van der Waals surface area contributed by atoms with E-state index in [1.807, 2.05) is 24.3 Å². The summed E-state index contributed by atoms with van der Waals surface area (Å²) in [7, 11) is 0. The summed E-state index contributed by atoms with van der Waals surface area (Å²) in [5.41, 5.74) is -0.0551. The third kappa shape index (κ3) is 2.94. The highest BCUT2D eigenvalue weighted by Crippen LogP contribution is 2.31. The lowest BCUT2D eigenvalue weighted by Crippen LogP contribution is -2.40. The lowest BCUT2D eigenvalue weighted by molar-refractivity contribution is 0.0269. The summed E-state index contributed by atoms with van der Waals surface area (Å²) in [6, 6.07) is 7.67. The van der Waals surface area contributed by atoms with Crippen molar-refractivity contribution in [2.24, 2.45) is 0 Å². The molecule has 112 valence electrons. The van der Waals surface area contributed by atoms with Crippen molar-refractivity contribution in [2.45, 2.75) is 18.6 Å². The molecule has 0 spiro atoms. The molecule has 6 heteroatoms. The van der Waals surface area contributed by atoms with E-state index < -0.39 is 11.6 Å². The summed E-state index contributed by atoms with van der Waals surface area (Å²) in [4.78, 5) is 11.7. The molecule has 0 amide bonds. The Morgan fingerprint density at radius 3 is 2.95 bits per heavy atom. The van der Waals surface area contributed by atoms with E-state index in [1.54, 1.807) is 0 Å². The molecule has 3 N–H and O–H groups in total. The molecule has 21 heavy (non-hydrogen) atoms. The smallest absolute Gasteiger partial charge is 0.346 e. The van der Waals surface area contributed by atoms with Crippen LogP contribution in [0.25, 0.3) is 10.1 Å². The number of aliphatic hydroxyl groups is 1. The molecule has 0 aliphatic carbocycles. The van der Waals surface area contributed by atoms with Crippen molar-refractivity contribution in [2.75, 3.05) is 19.8 Å². The largest absolute Gasteiger partial charge is 0.477 e. The van der Waals surface area contributed by atoms with Gasteiger partial charge in [-0.1, -0.05) is 18.2 Å². The van der Waals surface area contributed by atoms with Gasteiger partial charge in [0.15, 0.2) is 0 Å². The molecule has 2 aromatic rings. The van der Waals surface area contributed by atoms with Crippen LogP contribution in [0.1, 0.15) is 21.7 Å². The highest BCUT2D eigenvalue weighted by Gasteiger charge is 2.31. The zero-order valence-corrected chi connectivity index (χ0v) is 12.3. The number of ether oxygens (including phenoxy) is 1. The third-order valence-corrected chi connectivity index (χ3v) is 4.93. The van der Waals surface area contributed by atoms with Crippen LogP contribution in [0.15, 0.2) is 24.3 Å². The maximum Gasteiger partial charge on any atom is 0.346 e. The summed E-state index contributed by atoms with van der Waals surface area (Å²) in [6.07, 6.45) is 0.607. The molecule has 0 bridgehead atoms. The minimum absolute atomic E-state index is 0.330. The summed E-state index contributed by atoms with van der Waals surface area (Å²) in [5, 5.41) is 23.7. The second-order valence-corrected chi connectivity index (χ2v) is 6.39. The van der Waals surface area contributed by atoms with Gasteiger partial charge in [-0.3, -0.25) is 0 Å². The monoisotopic (exact) mass is 307 g/mol. The van der Waals surface area contributed by atoms with Gasteiger partial charge in [-0.2, -0.15) is 0 Å². The van der Waals surface area contributed by atoms with Crippen molar-refractivity contribution < 1.29 is 19.7 Å². The van der Waals surface area contributed by atoms with Crippen molar-refractivity contribution in [3.05, 3.63) is 34.7 Å². The van der Waals surface area contributed by atoms with Crippen LogP contribution >= 0.6 is 11.3 Å². The van der Waals surface area contributed by atoms with Crippen molar-refractivity contribution in [1.29, 1.82) is 0 Å². The molecule has 1 atom stereocenters. The molecule has 3 rings (SSSR count). The van der Waals surface area contributed by atoms with Gasteiger partial charge in [-0.15, -0.1) is 11.3 Å². The van der Waals surface area contributed by atoms with Crippen LogP contribution in [-0.2, 0) is 11.3 Å². The van der Waals surface area contributed by atoms with Crippen LogP contribution in [-0.4, -0.2) is 41.5 Å². The SMILES string of the molecule is O=C(O)c1sc2ccccc2c1CNCC1(O)CCOC1.